The molecule has 4 aromatic rings. The van der Waals surface area contributed by atoms with E-state index in [0.717, 1.165) is 5.82 Å². The predicted molar refractivity (Wildman–Crippen MR) is 116 cm³/mol. The van der Waals surface area contributed by atoms with Crippen molar-refractivity contribution in [1.82, 2.24) is 9.55 Å². The molecule has 0 atom stereocenters. The number of fused-ring (bicyclic) bond motifs is 3. The number of rotatable bonds is 2. The molecule has 28 heavy (non-hydrogen) atoms. The van der Waals surface area contributed by atoms with Gasteiger partial charge in [0.15, 0.2) is 0 Å². The number of aromatic nitrogens is 2. The molecule has 0 saturated heterocycles. The van der Waals surface area contributed by atoms with Gasteiger partial charge in [-0.15, -0.1) is 0 Å². The van der Waals surface area contributed by atoms with E-state index in [4.69, 9.17) is 4.98 Å². The van der Waals surface area contributed by atoms with Crippen LogP contribution in [-0.4, -0.2) is 9.55 Å². The predicted octanol–water partition coefficient (Wildman–Crippen LogP) is 6.31. The lowest BCUT2D eigenvalue weighted by Crippen LogP contribution is -2.34. The average Bonchev–Trinajstić information content (AvgIpc) is 3.23. The van der Waals surface area contributed by atoms with Crippen molar-refractivity contribution in [1.29, 1.82) is 0 Å². The fourth-order valence-corrected chi connectivity index (χ4v) is 5.15. The maximum Gasteiger partial charge on any atom is 0.137 e. The van der Waals surface area contributed by atoms with Gasteiger partial charge in [-0.25, -0.2) is 4.98 Å². The van der Waals surface area contributed by atoms with E-state index in [0.29, 0.717) is 0 Å². The van der Waals surface area contributed by atoms with Crippen molar-refractivity contribution >= 4 is 22.6 Å². The van der Waals surface area contributed by atoms with Crippen molar-refractivity contribution < 1.29 is 0 Å². The molecule has 2 aromatic heterocycles. The molecule has 0 unspecified atom stereocenters. The van der Waals surface area contributed by atoms with Gasteiger partial charge in [0, 0.05) is 17.0 Å². The maximum absolute atomic E-state index is 4.70. The summed E-state index contributed by atoms with van der Waals surface area (Å²) in [4.78, 5) is 4.70. The number of hydrogen-bond donors (Lipinski definition) is 0. The van der Waals surface area contributed by atoms with Gasteiger partial charge in [-0.2, -0.15) is 0 Å². The minimum Gasteiger partial charge on any atom is -0.294 e. The van der Waals surface area contributed by atoms with Crippen LogP contribution in [0.1, 0.15) is 41.6 Å². The molecule has 2 nitrogen and oxygen atoms in total. The molecular weight excluding hydrogens is 340 g/mol. The molecular formula is C26H22N2. The van der Waals surface area contributed by atoms with E-state index in [1.54, 1.807) is 0 Å². The van der Waals surface area contributed by atoms with Gasteiger partial charge in [0.1, 0.15) is 5.82 Å². The zero-order valence-corrected chi connectivity index (χ0v) is 16.0. The van der Waals surface area contributed by atoms with Crippen molar-refractivity contribution in [2.75, 3.05) is 0 Å². The molecule has 1 spiro atoms. The first-order valence-corrected chi connectivity index (χ1v) is 10.1. The highest BCUT2D eigenvalue weighted by Gasteiger charge is 2.47. The largest absolute Gasteiger partial charge is 0.294 e. The Kier molecular flexibility index (Phi) is 3.22. The van der Waals surface area contributed by atoms with Gasteiger partial charge in [-0.1, -0.05) is 48.4 Å². The van der Waals surface area contributed by atoms with Crippen LogP contribution < -0.4 is 0 Å². The van der Waals surface area contributed by atoms with Crippen molar-refractivity contribution in [2.45, 2.75) is 31.6 Å². The highest BCUT2D eigenvalue weighted by Crippen LogP contribution is 2.58. The van der Waals surface area contributed by atoms with Crippen LogP contribution in [0, 0.1) is 6.92 Å². The smallest absolute Gasteiger partial charge is 0.137 e. The highest BCUT2D eigenvalue weighted by atomic mass is 15.1. The molecule has 136 valence electrons. The van der Waals surface area contributed by atoms with Crippen LogP contribution >= 0.6 is 0 Å². The number of benzene rings is 2. The second-order valence-electron chi connectivity index (χ2n) is 8.20. The SMILES string of the molecule is Cc1ccc2c(c1)cc(C1=Cc3ccccc3C13CCC3)n2-c1ccccn1. The summed E-state index contributed by atoms with van der Waals surface area (Å²) < 4.78 is 2.35. The minimum absolute atomic E-state index is 0.173. The van der Waals surface area contributed by atoms with Crippen molar-refractivity contribution in [2.24, 2.45) is 0 Å². The topological polar surface area (TPSA) is 17.8 Å². The zero-order valence-electron chi connectivity index (χ0n) is 16.0. The Balaban J connectivity index is 1.66. The fourth-order valence-electron chi connectivity index (χ4n) is 5.15. The summed E-state index contributed by atoms with van der Waals surface area (Å²) in [5.41, 5.74) is 8.32. The van der Waals surface area contributed by atoms with Crippen LogP contribution in [0.25, 0.3) is 28.4 Å². The second kappa shape index (κ2) is 5.68. The fraction of sp³-hybridized carbons (Fsp3) is 0.192. The van der Waals surface area contributed by atoms with Crippen LogP contribution in [0.4, 0.5) is 0 Å². The number of aryl methyl sites for hydroxylation is 1. The molecule has 0 radical (unpaired) electrons. The van der Waals surface area contributed by atoms with Gasteiger partial charge in [-0.05, 0) is 72.9 Å². The molecule has 0 bridgehead atoms. The van der Waals surface area contributed by atoms with E-state index in [1.165, 1.54) is 58.1 Å². The maximum atomic E-state index is 4.70. The minimum atomic E-state index is 0.173. The van der Waals surface area contributed by atoms with Crippen molar-refractivity contribution in [3.8, 4) is 5.82 Å². The number of hydrogen-bond acceptors (Lipinski definition) is 1. The molecule has 0 N–H and O–H groups in total. The third-order valence-electron chi connectivity index (χ3n) is 6.61. The van der Waals surface area contributed by atoms with E-state index in [1.807, 2.05) is 12.3 Å². The highest BCUT2D eigenvalue weighted by molar-refractivity contribution is 5.98. The second-order valence-corrected chi connectivity index (χ2v) is 8.20. The Morgan fingerprint density at radius 3 is 2.57 bits per heavy atom. The summed E-state index contributed by atoms with van der Waals surface area (Å²) in [6, 6.07) is 24.2. The number of nitrogens with zero attached hydrogens (tertiary/aromatic N) is 2. The lowest BCUT2D eigenvalue weighted by atomic mass is 9.61. The molecule has 0 amide bonds. The Labute approximate surface area is 165 Å². The first-order chi connectivity index (χ1) is 13.8. The molecule has 1 fully saturated rings. The first-order valence-electron chi connectivity index (χ1n) is 10.1. The first kappa shape index (κ1) is 15.9. The number of pyridine rings is 1. The summed E-state index contributed by atoms with van der Waals surface area (Å²) in [5.74, 6) is 0.989. The number of allylic oxidation sites excluding steroid dienone is 1. The monoisotopic (exact) mass is 362 g/mol. The Morgan fingerprint density at radius 2 is 1.79 bits per heavy atom. The van der Waals surface area contributed by atoms with Gasteiger partial charge >= 0.3 is 0 Å². The van der Waals surface area contributed by atoms with Crippen LogP contribution in [0.3, 0.4) is 0 Å². The third-order valence-corrected chi connectivity index (χ3v) is 6.61. The van der Waals surface area contributed by atoms with Gasteiger partial charge < -0.3 is 0 Å². The van der Waals surface area contributed by atoms with Crippen LogP contribution in [-0.2, 0) is 5.41 Å². The zero-order chi connectivity index (χ0) is 18.7. The lowest BCUT2D eigenvalue weighted by Gasteiger charge is -2.42. The van der Waals surface area contributed by atoms with Gasteiger partial charge in [0.25, 0.3) is 0 Å². The quantitative estimate of drug-likeness (QED) is 0.408. The molecule has 2 aliphatic carbocycles. The van der Waals surface area contributed by atoms with Crippen molar-refractivity contribution in [3.63, 3.8) is 0 Å². The molecule has 2 aliphatic rings. The molecule has 2 heteroatoms. The Bertz CT molecular complexity index is 1240. The summed E-state index contributed by atoms with van der Waals surface area (Å²) in [6.45, 7) is 2.16. The lowest BCUT2D eigenvalue weighted by molar-refractivity contribution is 0.331. The average molecular weight is 362 g/mol. The summed E-state index contributed by atoms with van der Waals surface area (Å²) in [7, 11) is 0. The van der Waals surface area contributed by atoms with E-state index in [-0.39, 0.29) is 5.41 Å². The standard InChI is InChI=1S/C26H22N2/c1-18-10-11-23-20(15-18)17-24(28(23)25-9-4-5-14-27-25)22-16-19-7-2-3-8-21(19)26(22)12-6-13-26/h2-5,7-11,14-17H,6,12-13H2,1H3. The summed E-state index contributed by atoms with van der Waals surface area (Å²) in [5, 5.41) is 1.28. The van der Waals surface area contributed by atoms with Crippen molar-refractivity contribution in [3.05, 3.63) is 95.3 Å². The molecule has 2 heterocycles. The van der Waals surface area contributed by atoms with E-state index >= 15 is 0 Å². The van der Waals surface area contributed by atoms with E-state index < -0.39 is 0 Å². The Morgan fingerprint density at radius 1 is 0.929 bits per heavy atom. The normalized spacial score (nSPS) is 16.8. The van der Waals surface area contributed by atoms with Crippen LogP contribution in [0.5, 0.6) is 0 Å². The summed E-state index contributed by atoms with van der Waals surface area (Å²) in [6.07, 6.45) is 8.08. The molecule has 0 aliphatic heterocycles. The van der Waals surface area contributed by atoms with Gasteiger partial charge in [0.05, 0.1) is 11.2 Å². The van der Waals surface area contributed by atoms with Crippen LogP contribution in [0.2, 0.25) is 0 Å². The molecule has 1 saturated carbocycles. The molecule has 6 rings (SSSR count). The summed E-state index contributed by atoms with van der Waals surface area (Å²) >= 11 is 0. The van der Waals surface area contributed by atoms with Gasteiger partial charge in [-0.3, -0.25) is 4.57 Å². The van der Waals surface area contributed by atoms with E-state index in [9.17, 15) is 0 Å². The van der Waals surface area contributed by atoms with E-state index in [2.05, 4.69) is 78.2 Å². The van der Waals surface area contributed by atoms with Crippen LogP contribution in [0.15, 0.2) is 72.9 Å². The van der Waals surface area contributed by atoms with Gasteiger partial charge in [0.2, 0.25) is 0 Å². The molecule has 2 aromatic carbocycles. The Hall–Kier alpha value is -3.13. The third kappa shape index (κ3) is 2.06.